The molecule has 1 aliphatic carbocycles. The van der Waals surface area contributed by atoms with Crippen molar-refractivity contribution < 1.29 is 9.47 Å². The SMILES string of the molecule is COc1ccc(-c2[nH]c3ccc(CC4CCC(N5CCN(C(C)(C)C)CC5)CC4)cc3c2C(C)C)cc1OC. The summed E-state index contributed by atoms with van der Waals surface area (Å²) in [4.78, 5) is 9.16. The van der Waals surface area contributed by atoms with Crippen LogP contribution in [0.25, 0.3) is 22.2 Å². The van der Waals surface area contributed by atoms with Crippen molar-refractivity contribution >= 4 is 10.9 Å². The fourth-order valence-corrected chi connectivity index (χ4v) is 7.01. The molecule has 212 valence electrons. The smallest absolute Gasteiger partial charge is 0.161 e. The molecule has 2 aliphatic rings. The molecule has 1 saturated carbocycles. The van der Waals surface area contributed by atoms with Crippen LogP contribution >= 0.6 is 0 Å². The average molecular weight is 532 g/mol. The summed E-state index contributed by atoms with van der Waals surface area (Å²) in [6.45, 7) is 16.5. The van der Waals surface area contributed by atoms with Gasteiger partial charge >= 0.3 is 0 Å². The molecule has 0 unspecified atom stereocenters. The average Bonchev–Trinajstić information content (AvgIpc) is 3.32. The van der Waals surface area contributed by atoms with E-state index in [1.54, 1.807) is 14.2 Å². The summed E-state index contributed by atoms with van der Waals surface area (Å²) >= 11 is 0. The van der Waals surface area contributed by atoms with Gasteiger partial charge in [-0.2, -0.15) is 0 Å². The molecule has 1 N–H and O–H groups in total. The van der Waals surface area contributed by atoms with Crippen molar-refractivity contribution in [3.8, 4) is 22.8 Å². The summed E-state index contributed by atoms with van der Waals surface area (Å²) < 4.78 is 11.1. The summed E-state index contributed by atoms with van der Waals surface area (Å²) in [5.41, 5.74) is 6.69. The van der Waals surface area contributed by atoms with Gasteiger partial charge in [0.05, 0.1) is 19.9 Å². The van der Waals surface area contributed by atoms with Crippen molar-refractivity contribution in [3.63, 3.8) is 0 Å². The Bertz CT molecular complexity index is 1260. The topological polar surface area (TPSA) is 40.7 Å². The quantitative estimate of drug-likeness (QED) is 0.343. The zero-order valence-corrected chi connectivity index (χ0v) is 25.3. The van der Waals surface area contributed by atoms with Crippen LogP contribution in [0.3, 0.4) is 0 Å². The lowest BCUT2D eigenvalue weighted by molar-refractivity contribution is 0.0290. The van der Waals surface area contributed by atoms with E-state index in [9.17, 15) is 0 Å². The highest BCUT2D eigenvalue weighted by Gasteiger charge is 2.31. The van der Waals surface area contributed by atoms with Crippen molar-refractivity contribution in [1.29, 1.82) is 0 Å². The molecular formula is C34H49N3O2. The van der Waals surface area contributed by atoms with E-state index in [1.807, 2.05) is 6.07 Å². The van der Waals surface area contributed by atoms with Crippen LogP contribution in [0.5, 0.6) is 11.5 Å². The van der Waals surface area contributed by atoms with Crippen LogP contribution in [0, 0.1) is 5.92 Å². The Morgan fingerprint density at radius 1 is 0.872 bits per heavy atom. The number of ether oxygens (including phenoxy) is 2. The molecule has 5 nitrogen and oxygen atoms in total. The number of piperazine rings is 1. The molecule has 0 amide bonds. The van der Waals surface area contributed by atoms with Crippen LogP contribution in [-0.4, -0.2) is 66.8 Å². The molecular weight excluding hydrogens is 482 g/mol. The minimum atomic E-state index is 0.294. The molecule has 0 radical (unpaired) electrons. The third kappa shape index (κ3) is 6.00. The maximum absolute atomic E-state index is 5.60. The fourth-order valence-electron chi connectivity index (χ4n) is 7.01. The molecule has 39 heavy (non-hydrogen) atoms. The molecule has 0 atom stereocenters. The van der Waals surface area contributed by atoms with E-state index in [2.05, 4.69) is 79.7 Å². The number of aromatic amines is 1. The van der Waals surface area contributed by atoms with Crippen LogP contribution in [0.1, 0.15) is 77.3 Å². The normalized spacial score (nSPS) is 21.5. The lowest BCUT2D eigenvalue weighted by atomic mass is 9.81. The predicted molar refractivity (Wildman–Crippen MR) is 163 cm³/mol. The second kappa shape index (κ2) is 11.5. The van der Waals surface area contributed by atoms with E-state index >= 15 is 0 Å². The van der Waals surface area contributed by atoms with Crippen LogP contribution in [-0.2, 0) is 6.42 Å². The minimum absolute atomic E-state index is 0.294. The number of fused-ring (bicyclic) bond motifs is 1. The van der Waals surface area contributed by atoms with Gasteiger partial charge < -0.3 is 14.5 Å². The van der Waals surface area contributed by atoms with Crippen LogP contribution in [0.4, 0.5) is 0 Å². The first-order chi connectivity index (χ1) is 18.7. The van der Waals surface area contributed by atoms with Crippen molar-refractivity contribution in [2.45, 2.75) is 84.2 Å². The van der Waals surface area contributed by atoms with E-state index in [0.29, 0.717) is 11.5 Å². The Morgan fingerprint density at radius 3 is 2.18 bits per heavy atom. The highest BCUT2D eigenvalue weighted by molar-refractivity contribution is 5.92. The first-order valence-corrected chi connectivity index (χ1v) is 15.0. The van der Waals surface area contributed by atoms with E-state index in [4.69, 9.17) is 9.47 Å². The number of nitrogens with one attached hydrogen (secondary N) is 1. The summed E-state index contributed by atoms with van der Waals surface area (Å²) in [7, 11) is 3.38. The first kappa shape index (κ1) is 28.0. The molecule has 2 aromatic carbocycles. The van der Waals surface area contributed by atoms with Crippen LogP contribution in [0.2, 0.25) is 0 Å². The second-order valence-electron chi connectivity index (χ2n) is 13.1. The molecule has 5 rings (SSSR count). The molecule has 5 heteroatoms. The Morgan fingerprint density at radius 2 is 1.56 bits per heavy atom. The van der Waals surface area contributed by atoms with Gasteiger partial charge in [-0.25, -0.2) is 0 Å². The summed E-state index contributed by atoms with van der Waals surface area (Å²) in [5, 5.41) is 1.36. The van der Waals surface area contributed by atoms with Crippen molar-refractivity contribution in [2.24, 2.45) is 5.92 Å². The number of methoxy groups -OCH3 is 2. The number of nitrogens with zero attached hydrogens (tertiary/aromatic N) is 2. The second-order valence-corrected chi connectivity index (χ2v) is 13.1. The molecule has 2 heterocycles. The fraction of sp³-hybridized carbons (Fsp3) is 0.588. The van der Waals surface area contributed by atoms with Crippen molar-refractivity contribution in [2.75, 3.05) is 40.4 Å². The van der Waals surface area contributed by atoms with E-state index in [-0.39, 0.29) is 0 Å². The van der Waals surface area contributed by atoms with Crippen molar-refractivity contribution in [3.05, 3.63) is 47.5 Å². The lowest BCUT2D eigenvalue weighted by Crippen LogP contribution is -2.56. The van der Waals surface area contributed by atoms with Gasteiger partial charge in [0.15, 0.2) is 11.5 Å². The molecule has 3 aromatic rings. The number of aromatic nitrogens is 1. The first-order valence-electron chi connectivity index (χ1n) is 15.0. The highest BCUT2D eigenvalue weighted by Crippen LogP contribution is 2.40. The number of benzene rings is 2. The zero-order valence-electron chi connectivity index (χ0n) is 25.3. The molecule has 0 spiro atoms. The largest absolute Gasteiger partial charge is 0.493 e. The zero-order chi connectivity index (χ0) is 27.7. The van der Waals surface area contributed by atoms with Crippen LogP contribution < -0.4 is 9.47 Å². The predicted octanol–water partition coefficient (Wildman–Crippen LogP) is 7.49. The van der Waals surface area contributed by atoms with Gasteiger partial charge in [-0.15, -0.1) is 0 Å². The van der Waals surface area contributed by atoms with Gasteiger partial charge in [-0.1, -0.05) is 19.9 Å². The standard InChI is InChI=1S/C34H49N3O2/c1-23(2)32-28-21-25(10-14-29(28)35-33(32)26-11-15-30(38-6)31(22-26)39-7)20-24-8-12-27(13-9-24)36-16-18-37(19-17-36)34(3,4)5/h10-11,14-15,21-24,27,35H,8-9,12-13,16-20H2,1-7H3. The molecule has 2 fully saturated rings. The van der Waals surface area contributed by atoms with Gasteiger partial charge in [0.25, 0.3) is 0 Å². The lowest BCUT2D eigenvalue weighted by Gasteiger charge is -2.46. The Hall–Kier alpha value is -2.50. The van der Waals surface area contributed by atoms with E-state index in [0.717, 1.165) is 29.0 Å². The number of rotatable bonds is 7. The Labute approximate surface area is 235 Å². The number of hydrogen-bond acceptors (Lipinski definition) is 4. The minimum Gasteiger partial charge on any atom is -0.493 e. The summed E-state index contributed by atoms with van der Waals surface area (Å²) in [5.74, 6) is 2.72. The highest BCUT2D eigenvalue weighted by atomic mass is 16.5. The third-order valence-corrected chi connectivity index (χ3v) is 9.27. The van der Waals surface area contributed by atoms with Gasteiger partial charge in [0, 0.05) is 54.2 Å². The van der Waals surface area contributed by atoms with Gasteiger partial charge in [0.1, 0.15) is 0 Å². The maximum Gasteiger partial charge on any atom is 0.161 e. The molecule has 1 aromatic heterocycles. The molecule has 1 aliphatic heterocycles. The van der Waals surface area contributed by atoms with Crippen molar-refractivity contribution in [1.82, 2.24) is 14.8 Å². The molecule has 0 bridgehead atoms. The summed E-state index contributed by atoms with van der Waals surface area (Å²) in [6, 6.07) is 14.1. The van der Waals surface area contributed by atoms with Crippen LogP contribution in [0.15, 0.2) is 36.4 Å². The Balaban J connectivity index is 1.27. The third-order valence-electron chi connectivity index (χ3n) is 9.27. The molecule has 1 saturated heterocycles. The van der Waals surface area contributed by atoms with E-state index in [1.165, 1.54) is 86.0 Å². The Kier molecular flexibility index (Phi) is 8.30. The maximum atomic E-state index is 5.60. The van der Waals surface area contributed by atoms with E-state index < -0.39 is 0 Å². The monoisotopic (exact) mass is 531 g/mol. The van der Waals surface area contributed by atoms with Gasteiger partial charge in [-0.3, -0.25) is 9.80 Å². The number of hydrogen-bond donors (Lipinski definition) is 1. The van der Waals surface area contributed by atoms with Gasteiger partial charge in [-0.05, 0) is 106 Å². The van der Waals surface area contributed by atoms with Gasteiger partial charge in [0.2, 0.25) is 0 Å². The number of H-pyrrole nitrogens is 1. The summed E-state index contributed by atoms with van der Waals surface area (Å²) in [6.07, 6.45) is 6.60.